The van der Waals surface area contributed by atoms with Gasteiger partial charge in [-0.25, -0.2) is 9.78 Å². The van der Waals surface area contributed by atoms with Gasteiger partial charge in [0.1, 0.15) is 12.1 Å². The summed E-state index contributed by atoms with van der Waals surface area (Å²) in [5.74, 6) is -0.921. The number of anilines is 1. The van der Waals surface area contributed by atoms with E-state index in [1.807, 2.05) is 72.4 Å². The molecule has 1 aliphatic heterocycles. The van der Waals surface area contributed by atoms with Crippen molar-refractivity contribution in [1.82, 2.24) is 19.8 Å². The third-order valence-corrected chi connectivity index (χ3v) is 7.11. The summed E-state index contributed by atoms with van der Waals surface area (Å²) in [5, 5.41) is 8.38. The van der Waals surface area contributed by atoms with Gasteiger partial charge in [0.05, 0.1) is 0 Å². The van der Waals surface area contributed by atoms with E-state index in [4.69, 9.17) is 0 Å². The van der Waals surface area contributed by atoms with Crippen molar-refractivity contribution in [3.05, 3.63) is 84.7 Å². The Morgan fingerprint density at radius 1 is 1.06 bits per heavy atom. The SMILES string of the molecule is Cn1ccnc1Sc1ccc(NC(=O)CN2C(=O)NC(C)(c3ccc4ccccc4c3)C2=O)cc1. The molecule has 176 valence electrons. The monoisotopic (exact) mass is 485 g/mol. The van der Waals surface area contributed by atoms with Gasteiger partial charge in [0.2, 0.25) is 5.91 Å². The molecule has 4 aromatic rings. The number of urea groups is 1. The average molecular weight is 486 g/mol. The summed E-state index contributed by atoms with van der Waals surface area (Å²) in [7, 11) is 1.92. The number of carbonyl (C=O) groups excluding carboxylic acids is 3. The average Bonchev–Trinajstić information content (AvgIpc) is 3.35. The van der Waals surface area contributed by atoms with Crippen molar-refractivity contribution in [2.45, 2.75) is 22.5 Å². The molecule has 2 heterocycles. The second-order valence-electron chi connectivity index (χ2n) is 8.50. The minimum Gasteiger partial charge on any atom is -0.329 e. The molecule has 0 radical (unpaired) electrons. The van der Waals surface area contributed by atoms with Gasteiger partial charge in [-0.15, -0.1) is 0 Å². The quantitative estimate of drug-likeness (QED) is 0.401. The standard InChI is InChI=1S/C26H23N5O3S/c1-26(19-8-7-17-5-3-4-6-18(17)15-19)23(33)31(24(34)29-26)16-22(32)28-20-9-11-21(12-10-20)35-25-27-13-14-30(25)2/h3-15H,16H2,1-2H3,(H,28,32)(H,29,34). The fourth-order valence-corrected chi connectivity index (χ4v) is 4.84. The van der Waals surface area contributed by atoms with Crippen LogP contribution < -0.4 is 10.6 Å². The van der Waals surface area contributed by atoms with E-state index in [0.29, 0.717) is 11.3 Å². The molecule has 4 amide bonds. The molecule has 1 aromatic heterocycles. The third kappa shape index (κ3) is 4.38. The number of hydrogen-bond donors (Lipinski definition) is 2. The second-order valence-corrected chi connectivity index (χ2v) is 9.54. The zero-order chi connectivity index (χ0) is 24.6. The molecule has 0 bridgehead atoms. The maximum absolute atomic E-state index is 13.2. The molecule has 9 heteroatoms. The fourth-order valence-electron chi connectivity index (χ4n) is 4.04. The van der Waals surface area contributed by atoms with Crippen LogP contribution in [0.4, 0.5) is 10.5 Å². The largest absolute Gasteiger partial charge is 0.329 e. The summed E-state index contributed by atoms with van der Waals surface area (Å²) >= 11 is 1.51. The Morgan fingerprint density at radius 2 is 1.80 bits per heavy atom. The maximum atomic E-state index is 13.2. The zero-order valence-corrected chi connectivity index (χ0v) is 20.0. The molecular weight excluding hydrogens is 462 g/mol. The van der Waals surface area contributed by atoms with E-state index in [1.54, 1.807) is 25.3 Å². The Morgan fingerprint density at radius 3 is 2.51 bits per heavy atom. The number of benzene rings is 3. The van der Waals surface area contributed by atoms with Crippen molar-refractivity contribution >= 4 is 46.1 Å². The van der Waals surface area contributed by atoms with E-state index in [9.17, 15) is 14.4 Å². The third-order valence-electron chi connectivity index (χ3n) is 6.03. The van der Waals surface area contributed by atoms with E-state index < -0.39 is 23.4 Å². The summed E-state index contributed by atoms with van der Waals surface area (Å²) < 4.78 is 1.92. The molecule has 1 atom stereocenters. The summed E-state index contributed by atoms with van der Waals surface area (Å²) in [6.07, 6.45) is 3.61. The number of hydrogen-bond acceptors (Lipinski definition) is 5. The van der Waals surface area contributed by atoms with Crippen LogP contribution in [-0.4, -0.2) is 38.8 Å². The lowest BCUT2D eigenvalue weighted by atomic mass is 9.90. The van der Waals surface area contributed by atoms with Crippen LogP contribution >= 0.6 is 11.8 Å². The molecule has 1 fully saturated rings. The lowest BCUT2D eigenvalue weighted by Gasteiger charge is -2.22. The van der Waals surface area contributed by atoms with Crippen molar-refractivity contribution in [2.24, 2.45) is 7.05 Å². The van der Waals surface area contributed by atoms with Crippen molar-refractivity contribution < 1.29 is 14.4 Å². The molecule has 0 aliphatic carbocycles. The van der Waals surface area contributed by atoms with Crippen LogP contribution in [0.2, 0.25) is 0 Å². The van der Waals surface area contributed by atoms with E-state index in [1.165, 1.54) is 11.8 Å². The van der Waals surface area contributed by atoms with Crippen molar-refractivity contribution in [1.29, 1.82) is 0 Å². The highest BCUT2D eigenvalue weighted by atomic mass is 32.2. The maximum Gasteiger partial charge on any atom is 0.325 e. The minimum absolute atomic E-state index is 0.377. The Balaban J connectivity index is 1.25. The van der Waals surface area contributed by atoms with Gasteiger partial charge in [0.15, 0.2) is 5.16 Å². The summed E-state index contributed by atoms with van der Waals surface area (Å²) in [5.41, 5.74) is -0.00703. The van der Waals surface area contributed by atoms with Crippen LogP contribution in [0.1, 0.15) is 12.5 Å². The first-order valence-corrected chi connectivity index (χ1v) is 11.8. The molecule has 0 saturated carbocycles. The van der Waals surface area contributed by atoms with Gasteiger partial charge in [-0.2, -0.15) is 0 Å². The van der Waals surface area contributed by atoms with Gasteiger partial charge < -0.3 is 15.2 Å². The lowest BCUT2D eigenvalue weighted by molar-refractivity contribution is -0.133. The van der Waals surface area contributed by atoms with Crippen molar-refractivity contribution in [3.63, 3.8) is 0 Å². The van der Waals surface area contributed by atoms with Gasteiger partial charge in [-0.1, -0.05) is 48.2 Å². The number of imide groups is 1. The van der Waals surface area contributed by atoms with Crippen LogP contribution in [0.5, 0.6) is 0 Å². The molecule has 8 nitrogen and oxygen atoms in total. The fraction of sp³-hybridized carbons (Fsp3) is 0.154. The molecule has 3 aromatic carbocycles. The van der Waals surface area contributed by atoms with E-state index in [2.05, 4.69) is 15.6 Å². The van der Waals surface area contributed by atoms with Gasteiger partial charge >= 0.3 is 6.03 Å². The smallest absolute Gasteiger partial charge is 0.325 e. The highest BCUT2D eigenvalue weighted by molar-refractivity contribution is 7.99. The Bertz CT molecular complexity index is 1450. The summed E-state index contributed by atoms with van der Waals surface area (Å²) in [6, 6.07) is 20.1. The predicted molar refractivity (Wildman–Crippen MR) is 134 cm³/mol. The van der Waals surface area contributed by atoms with E-state index >= 15 is 0 Å². The highest BCUT2D eigenvalue weighted by Gasteiger charge is 2.49. The van der Waals surface area contributed by atoms with Gasteiger partial charge in [0.25, 0.3) is 5.91 Å². The van der Waals surface area contributed by atoms with Crippen LogP contribution in [0.25, 0.3) is 10.8 Å². The first-order valence-electron chi connectivity index (χ1n) is 11.0. The second kappa shape index (κ2) is 8.92. The van der Waals surface area contributed by atoms with Crippen LogP contribution in [0.15, 0.2) is 89.2 Å². The number of aryl methyl sites for hydroxylation is 1. The van der Waals surface area contributed by atoms with Crippen molar-refractivity contribution in [3.8, 4) is 0 Å². The lowest BCUT2D eigenvalue weighted by Crippen LogP contribution is -2.42. The number of fused-ring (bicyclic) bond motifs is 1. The van der Waals surface area contributed by atoms with Crippen LogP contribution in [0, 0.1) is 0 Å². The number of nitrogens with one attached hydrogen (secondary N) is 2. The Hall–Kier alpha value is -4.11. The minimum atomic E-state index is -1.24. The Labute approximate surface area is 206 Å². The molecule has 5 rings (SSSR count). The number of nitrogens with zero attached hydrogens (tertiary/aromatic N) is 3. The van der Waals surface area contributed by atoms with Gasteiger partial charge in [-0.05, 0) is 53.6 Å². The van der Waals surface area contributed by atoms with Crippen molar-refractivity contribution in [2.75, 3.05) is 11.9 Å². The number of imidazole rings is 1. The summed E-state index contributed by atoms with van der Waals surface area (Å²) in [6.45, 7) is 1.28. The molecule has 2 N–H and O–H groups in total. The molecule has 0 spiro atoms. The zero-order valence-electron chi connectivity index (χ0n) is 19.2. The topological polar surface area (TPSA) is 96.3 Å². The molecule has 1 aliphatic rings. The summed E-state index contributed by atoms with van der Waals surface area (Å²) in [4.78, 5) is 44.8. The van der Waals surface area contributed by atoms with E-state index in [-0.39, 0.29) is 6.54 Å². The van der Waals surface area contributed by atoms with Gasteiger partial charge in [0, 0.05) is 30.0 Å². The first kappa shape index (κ1) is 22.7. The number of aromatic nitrogens is 2. The number of amides is 4. The normalized spacial score (nSPS) is 17.6. The molecular formula is C26H23N5O3S. The first-order chi connectivity index (χ1) is 16.8. The predicted octanol–water partition coefficient (Wildman–Crippen LogP) is 4.13. The highest BCUT2D eigenvalue weighted by Crippen LogP contribution is 2.31. The van der Waals surface area contributed by atoms with Crippen LogP contribution in [0.3, 0.4) is 0 Å². The molecule has 1 unspecified atom stereocenters. The number of rotatable bonds is 6. The van der Waals surface area contributed by atoms with E-state index in [0.717, 1.165) is 25.7 Å². The number of carbonyl (C=O) groups is 3. The molecule has 35 heavy (non-hydrogen) atoms. The van der Waals surface area contributed by atoms with Gasteiger partial charge in [-0.3, -0.25) is 14.5 Å². The Kier molecular flexibility index (Phi) is 5.78. The molecule has 1 saturated heterocycles. The van der Waals surface area contributed by atoms with Crippen LogP contribution in [-0.2, 0) is 22.2 Å².